The van der Waals surface area contributed by atoms with Gasteiger partial charge in [0.15, 0.2) is 5.82 Å². The summed E-state index contributed by atoms with van der Waals surface area (Å²) in [6.45, 7) is 0. The molecular weight excluding hydrogens is 409 g/mol. The van der Waals surface area contributed by atoms with Crippen LogP contribution in [0.15, 0.2) is 97.1 Å². The summed E-state index contributed by atoms with van der Waals surface area (Å²) in [6, 6.07) is 27.1. The van der Waals surface area contributed by atoms with Gasteiger partial charge in [-0.2, -0.15) is 0 Å². The van der Waals surface area contributed by atoms with Crippen molar-refractivity contribution in [3.8, 4) is 22.6 Å². The Morgan fingerprint density at radius 1 is 0.750 bits per heavy atom. The number of benzene rings is 4. The molecule has 0 aliphatic heterocycles. The third-order valence-corrected chi connectivity index (χ3v) is 4.73. The van der Waals surface area contributed by atoms with E-state index >= 15 is 0 Å². The van der Waals surface area contributed by atoms with Crippen molar-refractivity contribution in [1.29, 1.82) is 0 Å². The first-order valence-electron chi connectivity index (χ1n) is 9.78. The Morgan fingerprint density at radius 3 is 2.09 bits per heavy atom. The molecule has 0 aliphatic carbocycles. The predicted octanol–water partition coefficient (Wildman–Crippen LogP) is 6.24. The number of aromatic carboxylic acids is 1. The van der Waals surface area contributed by atoms with Crippen LogP contribution in [0.4, 0.5) is 10.1 Å². The predicted molar refractivity (Wildman–Crippen MR) is 120 cm³/mol. The van der Waals surface area contributed by atoms with E-state index in [1.807, 2.05) is 24.3 Å². The minimum Gasteiger partial charge on any atom is -0.478 e. The molecule has 1 amide bonds. The summed E-state index contributed by atoms with van der Waals surface area (Å²) in [6.07, 6.45) is 0. The number of carboxylic acids is 1. The molecule has 0 fully saturated rings. The number of nitrogens with one attached hydrogen (secondary N) is 1. The molecule has 0 bridgehead atoms. The second-order valence-electron chi connectivity index (χ2n) is 6.95. The Labute approximate surface area is 183 Å². The number of amides is 1. The zero-order chi connectivity index (χ0) is 22.5. The van der Waals surface area contributed by atoms with Gasteiger partial charge in [-0.1, -0.05) is 54.6 Å². The van der Waals surface area contributed by atoms with Gasteiger partial charge in [0, 0.05) is 5.56 Å². The molecule has 32 heavy (non-hydrogen) atoms. The van der Waals surface area contributed by atoms with Crippen LogP contribution in [0.3, 0.4) is 0 Å². The lowest BCUT2D eigenvalue weighted by Gasteiger charge is -2.12. The number of halogens is 1. The molecule has 0 heterocycles. The van der Waals surface area contributed by atoms with Crippen LogP contribution in [-0.4, -0.2) is 17.0 Å². The Hall–Kier alpha value is -4.45. The SMILES string of the molecule is O=C(Nc1cc(-c2ccccc2)cc(C(=O)O)c1F)c1cccc(Oc2ccccc2)c1. The van der Waals surface area contributed by atoms with Crippen LogP contribution in [0.25, 0.3) is 11.1 Å². The number of hydrogen-bond acceptors (Lipinski definition) is 3. The van der Waals surface area contributed by atoms with Crippen LogP contribution in [0, 0.1) is 5.82 Å². The van der Waals surface area contributed by atoms with Crippen LogP contribution in [0.2, 0.25) is 0 Å². The molecule has 158 valence electrons. The van der Waals surface area contributed by atoms with Crippen LogP contribution < -0.4 is 10.1 Å². The normalized spacial score (nSPS) is 10.4. The molecule has 0 radical (unpaired) electrons. The van der Waals surface area contributed by atoms with Gasteiger partial charge in [-0.05, 0) is 53.6 Å². The van der Waals surface area contributed by atoms with Crippen molar-refractivity contribution in [2.75, 3.05) is 5.32 Å². The fourth-order valence-corrected chi connectivity index (χ4v) is 3.19. The van der Waals surface area contributed by atoms with Crippen molar-refractivity contribution >= 4 is 17.6 Å². The fraction of sp³-hybridized carbons (Fsp3) is 0. The van der Waals surface area contributed by atoms with Gasteiger partial charge in [0.2, 0.25) is 0 Å². The zero-order valence-corrected chi connectivity index (χ0v) is 16.8. The highest BCUT2D eigenvalue weighted by Gasteiger charge is 2.19. The number of carboxylic acid groups (broad SMARTS) is 1. The smallest absolute Gasteiger partial charge is 0.338 e. The minimum absolute atomic E-state index is 0.219. The third kappa shape index (κ3) is 4.65. The van der Waals surface area contributed by atoms with Gasteiger partial charge in [0.25, 0.3) is 5.91 Å². The number of hydrogen-bond donors (Lipinski definition) is 2. The van der Waals surface area contributed by atoms with Crippen molar-refractivity contribution in [3.63, 3.8) is 0 Å². The van der Waals surface area contributed by atoms with E-state index in [1.165, 1.54) is 18.2 Å². The van der Waals surface area contributed by atoms with E-state index in [9.17, 15) is 19.1 Å². The highest BCUT2D eigenvalue weighted by molar-refractivity contribution is 6.05. The first kappa shape index (κ1) is 20.8. The molecule has 0 unspecified atom stereocenters. The van der Waals surface area contributed by atoms with Crippen LogP contribution >= 0.6 is 0 Å². The Morgan fingerprint density at radius 2 is 1.41 bits per heavy atom. The molecule has 2 N–H and O–H groups in total. The van der Waals surface area contributed by atoms with Crippen LogP contribution in [-0.2, 0) is 0 Å². The van der Waals surface area contributed by atoms with Crippen molar-refractivity contribution in [2.45, 2.75) is 0 Å². The summed E-state index contributed by atoms with van der Waals surface area (Å²) in [5.41, 5.74) is 0.662. The Kier molecular flexibility index (Phi) is 5.94. The number of carbonyl (C=O) groups is 2. The van der Waals surface area contributed by atoms with Gasteiger partial charge in [-0.15, -0.1) is 0 Å². The fourth-order valence-electron chi connectivity index (χ4n) is 3.19. The van der Waals surface area contributed by atoms with Crippen molar-refractivity contribution in [1.82, 2.24) is 0 Å². The second-order valence-corrected chi connectivity index (χ2v) is 6.95. The number of ether oxygens (including phenoxy) is 1. The summed E-state index contributed by atoms with van der Waals surface area (Å²) < 4.78 is 20.6. The average molecular weight is 427 g/mol. The first-order valence-corrected chi connectivity index (χ1v) is 9.78. The number of carbonyl (C=O) groups excluding carboxylic acids is 1. The van der Waals surface area contributed by atoms with Crippen LogP contribution in [0.5, 0.6) is 11.5 Å². The maximum absolute atomic E-state index is 14.8. The summed E-state index contributed by atoms with van der Waals surface area (Å²) in [4.78, 5) is 24.4. The maximum Gasteiger partial charge on any atom is 0.338 e. The van der Waals surface area contributed by atoms with E-state index in [-0.39, 0.29) is 11.3 Å². The summed E-state index contributed by atoms with van der Waals surface area (Å²) in [5, 5.41) is 11.9. The van der Waals surface area contributed by atoms with Gasteiger partial charge in [-0.3, -0.25) is 4.79 Å². The summed E-state index contributed by atoms with van der Waals surface area (Å²) in [7, 11) is 0. The molecule has 0 spiro atoms. The minimum atomic E-state index is -1.42. The lowest BCUT2D eigenvalue weighted by molar-refractivity contribution is 0.0691. The Bertz CT molecular complexity index is 1270. The van der Waals surface area contributed by atoms with Gasteiger partial charge in [0.1, 0.15) is 11.5 Å². The van der Waals surface area contributed by atoms with E-state index in [0.717, 1.165) is 0 Å². The topological polar surface area (TPSA) is 75.6 Å². The molecule has 0 aliphatic rings. The molecule has 5 nitrogen and oxygen atoms in total. The Balaban J connectivity index is 1.64. The lowest BCUT2D eigenvalue weighted by atomic mass is 10.0. The molecule has 0 atom stereocenters. The molecule has 6 heteroatoms. The molecule has 0 aromatic heterocycles. The number of anilines is 1. The van der Waals surface area contributed by atoms with Gasteiger partial charge < -0.3 is 15.2 Å². The van der Waals surface area contributed by atoms with Gasteiger partial charge in [0.05, 0.1) is 11.3 Å². The molecule has 4 aromatic carbocycles. The molecule has 0 saturated carbocycles. The third-order valence-electron chi connectivity index (χ3n) is 4.73. The van der Waals surface area contributed by atoms with Gasteiger partial charge in [-0.25, -0.2) is 9.18 Å². The van der Waals surface area contributed by atoms with Crippen molar-refractivity contribution in [3.05, 3.63) is 114 Å². The van der Waals surface area contributed by atoms with E-state index in [2.05, 4.69) is 5.32 Å². The van der Waals surface area contributed by atoms with E-state index in [4.69, 9.17) is 4.74 Å². The summed E-state index contributed by atoms with van der Waals surface area (Å²) >= 11 is 0. The molecular formula is C26H18FNO4. The number of rotatable bonds is 6. The molecule has 4 rings (SSSR count). The monoisotopic (exact) mass is 427 g/mol. The summed E-state index contributed by atoms with van der Waals surface area (Å²) in [5.74, 6) is -1.98. The van der Waals surface area contributed by atoms with Gasteiger partial charge >= 0.3 is 5.97 Å². The quantitative estimate of drug-likeness (QED) is 0.382. The number of para-hydroxylation sites is 1. The highest BCUT2D eigenvalue weighted by Crippen LogP contribution is 2.29. The maximum atomic E-state index is 14.8. The standard InChI is InChI=1S/C26H18FNO4/c27-24-22(26(30)31)15-19(17-8-3-1-4-9-17)16-23(24)28-25(29)18-10-7-13-21(14-18)32-20-11-5-2-6-12-20/h1-16H,(H,28,29)(H,30,31). The highest BCUT2D eigenvalue weighted by atomic mass is 19.1. The van der Waals surface area contributed by atoms with E-state index in [0.29, 0.717) is 22.6 Å². The van der Waals surface area contributed by atoms with E-state index in [1.54, 1.807) is 54.6 Å². The second kappa shape index (κ2) is 9.14. The average Bonchev–Trinajstić information content (AvgIpc) is 2.81. The van der Waals surface area contributed by atoms with Crippen LogP contribution in [0.1, 0.15) is 20.7 Å². The van der Waals surface area contributed by atoms with Crippen molar-refractivity contribution < 1.29 is 23.8 Å². The largest absolute Gasteiger partial charge is 0.478 e. The first-order chi connectivity index (χ1) is 15.5. The van der Waals surface area contributed by atoms with Crippen molar-refractivity contribution in [2.24, 2.45) is 0 Å². The van der Waals surface area contributed by atoms with E-state index < -0.39 is 23.3 Å². The molecule has 4 aromatic rings. The lowest BCUT2D eigenvalue weighted by Crippen LogP contribution is -2.15. The zero-order valence-electron chi connectivity index (χ0n) is 16.8. The molecule has 0 saturated heterocycles.